The summed E-state index contributed by atoms with van der Waals surface area (Å²) in [5.41, 5.74) is 0. The molecule has 1 nitrogen and oxygen atoms in total. The van der Waals surface area contributed by atoms with E-state index < -0.39 is 9.04 Å². The van der Waals surface area contributed by atoms with Crippen molar-refractivity contribution in [3.8, 4) is 0 Å². The molecular formula is C22H48OSi. The SMILES string of the molecule is CCCCCCCCCCCCCCCCCCC(C)O[SiH](C)C. The highest BCUT2D eigenvalue weighted by atomic mass is 28.3. The van der Waals surface area contributed by atoms with Crippen molar-refractivity contribution in [2.24, 2.45) is 0 Å². The van der Waals surface area contributed by atoms with Crippen LogP contribution in [0.15, 0.2) is 0 Å². The average Bonchev–Trinajstić information content (AvgIpc) is 2.53. The molecular weight excluding hydrogens is 308 g/mol. The Kier molecular flexibility index (Phi) is 19.6. The van der Waals surface area contributed by atoms with Crippen LogP contribution in [0.2, 0.25) is 13.1 Å². The van der Waals surface area contributed by atoms with E-state index in [9.17, 15) is 0 Å². The van der Waals surface area contributed by atoms with Crippen LogP contribution < -0.4 is 0 Å². The Hall–Kier alpha value is 0.177. The lowest BCUT2D eigenvalue weighted by Crippen LogP contribution is -2.17. The molecule has 0 rings (SSSR count). The van der Waals surface area contributed by atoms with E-state index >= 15 is 0 Å². The molecule has 0 aliphatic carbocycles. The molecule has 146 valence electrons. The van der Waals surface area contributed by atoms with Crippen molar-refractivity contribution in [3.05, 3.63) is 0 Å². The summed E-state index contributed by atoms with van der Waals surface area (Å²) in [5, 5.41) is 0. The first kappa shape index (κ1) is 24.2. The molecule has 0 aliphatic heterocycles. The maximum atomic E-state index is 5.91. The molecule has 0 heterocycles. The van der Waals surface area contributed by atoms with Gasteiger partial charge in [0.05, 0.1) is 0 Å². The van der Waals surface area contributed by atoms with Gasteiger partial charge in [-0.15, -0.1) is 0 Å². The molecule has 0 aromatic carbocycles. The van der Waals surface area contributed by atoms with Gasteiger partial charge in [-0.05, 0) is 26.4 Å². The van der Waals surface area contributed by atoms with E-state index in [0.717, 1.165) is 0 Å². The molecule has 0 spiro atoms. The molecule has 24 heavy (non-hydrogen) atoms. The lowest BCUT2D eigenvalue weighted by molar-refractivity contribution is 0.209. The van der Waals surface area contributed by atoms with Crippen molar-refractivity contribution >= 4 is 9.04 Å². The molecule has 0 aliphatic rings. The van der Waals surface area contributed by atoms with E-state index in [1.165, 1.54) is 109 Å². The summed E-state index contributed by atoms with van der Waals surface area (Å²) in [6.45, 7) is 9.08. The van der Waals surface area contributed by atoms with Crippen molar-refractivity contribution in [2.75, 3.05) is 0 Å². The zero-order valence-corrected chi connectivity index (χ0v) is 18.7. The Balaban J connectivity index is 3.05. The second-order valence-electron chi connectivity index (χ2n) is 8.09. The smallest absolute Gasteiger partial charge is 0.171 e. The molecule has 0 saturated heterocycles. The summed E-state index contributed by atoms with van der Waals surface area (Å²) in [5.74, 6) is 0. The van der Waals surface area contributed by atoms with E-state index in [0.29, 0.717) is 6.10 Å². The Bertz CT molecular complexity index is 230. The van der Waals surface area contributed by atoms with E-state index in [2.05, 4.69) is 26.9 Å². The van der Waals surface area contributed by atoms with Gasteiger partial charge in [0.1, 0.15) is 0 Å². The van der Waals surface area contributed by atoms with Crippen molar-refractivity contribution in [3.63, 3.8) is 0 Å². The molecule has 2 heteroatoms. The Labute approximate surface area is 156 Å². The van der Waals surface area contributed by atoms with Gasteiger partial charge in [0.2, 0.25) is 0 Å². The van der Waals surface area contributed by atoms with Crippen LogP contribution in [0.25, 0.3) is 0 Å². The fourth-order valence-corrected chi connectivity index (χ4v) is 4.58. The third-order valence-corrected chi connectivity index (χ3v) is 5.98. The number of unbranched alkanes of at least 4 members (excludes halogenated alkanes) is 15. The number of hydrogen-bond acceptors (Lipinski definition) is 1. The predicted molar refractivity (Wildman–Crippen MR) is 114 cm³/mol. The lowest BCUT2D eigenvalue weighted by atomic mass is 10.0. The predicted octanol–water partition coefficient (Wildman–Crippen LogP) is 8.03. The molecule has 0 aromatic rings. The van der Waals surface area contributed by atoms with Crippen LogP contribution in [-0.4, -0.2) is 15.1 Å². The van der Waals surface area contributed by atoms with Gasteiger partial charge in [-0.2, -0.15) is 0 Å². The van der Waals surface area contributed by atoms with E-state index in [4.69, 9.17) is 4.43 Å². The molecule has 0 bridgehead atoms. The van der Waals surface area contributed by atoms with Gasteiger partial charge in [0.15, 0.2) is 9.04 Å². The highest BCUT2D eigenvalue weighted by molar-refractivity contribution is 6.48. The maximum absolute atomic E-state index is 5.91. The second kappa shape index (κ2) is 19.5. The summed E-state index contributed by atoms with van der Waals surface area (Å²) in [4.78, 5) is 0. The summed E-state index contributed by atoms with van der Waals surface area (Å²) in [7, 11) is -0.825. The molecule has 1 atom stereocenters. The fraction of sp³-hybridized carbons (Fsp3) is 1.00. The van der Waals surface area contributed by atoms with E-state index in [-0.39, 0.29) is 0 Å². The molecule has 1 unspecified atom stereocenters. The van der Waals surface area contributed by atoms with Crippen molar-refractivity contribution in [2.45, 2.75) is 142 Å². The number of rotatable bonds is 19. The lowest BCUT2D eigenvalue weighted by Gasteiger charge is -2.15. The minimum absolute atomic E-state index is 0.503. The van der Waals surface area contributed by atoms with Crippen LogP contribution in [0.1, 0.15) is 123 Å². The first-order chi connectivity index (χ1) is 11.7. The first-order valence-corrected chi connectivity index (χ1v) is 14.1. The molecule has 0 saturated carbocycles. The third-order valence-electron chi connectivity index (χ3n) is 4.97. The third kappa shape index (κ3) is 20.2. The van der Waals surface area contributed by atoms with Crippen LogP contribution >= 0.6 is 0 Å². The largest absolute Gasteiger partial charge is 0.418 e. The number of hydrogen-bond donors (Lipinski definition) is 0. The Morgan fingerprint density at radius 3 is 1.25 bits per heavy atom. The van der Waals surface area contributed by atoms with Crippen LogP contribution in [0.4, 0.5) is 0 Å². The summed E-state index contributed by atoms with van der Waals surface area (Å²) >= 11 is 0. The van der Waals surface area contributed by atoms with Gasteiger partial charge in [-0.1, -0.05) is 110 Å². The normalized spacial score (nSPS) is 12.9. The Morgan fingerprint density at radius 2 is 0.917 bits per heavy atom. The highest BCUT2D eigenvalue weighted by Crippen LogP contribution is 2.14. The van der Waals surface area contributed by atoms with Crippen LogP contribution in [-0.2, 0) is 4.43 Å². The van der Waals surface area contributed by atoms with Crippen molar-refractivity contribution in [1.29, 1.82) is 0 Å². The van der Waals surface area contributed by atoms with Crippen molar-refractivity contribution in [1.82, 2.24) is 0 Å². The van der Waals surface area contributed by atoms with Crippen LogP contribution in [0.3, 0.4) is 0 Å². The zero-order valence-electron chi connectivity index (χ0n) is 17.6. The topological polar surface area (TPSA) is 9.23 Å². The van der Waals surface area contributed by atoms with Crippen LogP contribution in [0, 0.1) is 0 Å². The van der Waals surface area contributed by atoms with Gasteiger partial charge in [0, 0.05) is 6.10 Å². The van der Waals surface area contributed by atoms with E-state index in [1.54, 1.807) is 0 Å². The van der Waals surface area contributed by atoms with Gasteiger partial charge >= 0.3 is 0 Å². The van der Waals surface area contributed by atoms with Gasteiger partial charge < -0.3 is 4.43 Å². The zero-order chi connectivity index (χ0) is 17.9. The standard InChI is InChI=1S/C22H48OSi/c1-5-6-7-8-9-10-11-12-13-14-15-16-17-18-19-20-21-22(2)23-24(3)4/h22,24H,5-21H2,1-4H3. The molecule has 0 fully saturated rings. The minimum Gasteiger partial charge on any atom is -0.418 e. The summed E-state index contributed by atoms with van der Waals surface area (Å²) < 4.78 is 5.91. The second-order valence-corrected chi connectivity index (χ2v) is 10.5. The summed E-state index contributed by atoms with van der Waals surface area (Å²) in [6.07, 6.45) is 24.9. The highest BCUT2D eigenvalue weighted by Gasteiger charge is 2.04. The molecule has 0 aromatic heterocycles. The van der Waals surface area contributed by atoms with Gasteiger partial charge in [-0.3, -0.25) is 0 Å². The monoisotopic (exact) mass is 356 g/mol. The average molecular weight is 357 g/mol. The molecule has 0 N–H and O–H groups in total. The van der Waals surface area contributed by atoms with Gasteiger partial charge in [0.25, 0.3) is 0 Å². The van der Waals surface area contributed by atoms with E-state index in [1.807, 2.05) is 0 Å². The molecule has 0 amide bonds. The van der Waals surface area contributed by atoms with Crippen molar-refractivity contribution < 1.29 is 4.43 Å². The Morgan fingerprint density at radius 1 is 0.583 bits per heavy atom. The van der Waals surface area contributed by atoms with Crippen LogP contribution in [0.5, 0.6) is 0 Å². The fourth-order valence-electron chi connectivity index (χ4n) is 3.51. The first-order valence-electron chi connectivity index (χ1n) is 11.3. The maximum Gasteiger partial charge on any atom is 0.171 e. The minimum atomic E-state index is -0.825. The summed E-state index contributed by atoms with van der Waals surface area (Å²) in [6, 6.07) is 0. The quantitative estimate of drug-likeness (QED) is 0.168. The molecule has 0 radical (unpaired) electrons. The van der Waals surface area contributed by atoms with Gasteiger partial charge in [-0.25, -0.2) is 0 Å².